The molecule has 2 aliphatic carbocycles. The molecule has 3 N–H and O–H groups in total. The molecule has 1 aliphatic heterocycles. The van der Waals surface area contributed by atoms with E-state index in [0.29, 0.717) is 67.4 Å². The highest BCUT2D eigenvalue weighted by atomic mass is 19.4. The van der Waals surface area contributed by atoms with Gasteiger partial charge < -0.3 is 19.7 Å². The van der Waals surface area contributed by atoms with Crippen LogP contribution in [-0.4, -0.2) is 87.2 Å². The Morgan fingerprint density at radius 3 is 2.60 bits per heavy atom. The SMILES string of the molecule is COCC1(CN(C)c2cc(-c3cc(C4CC4)nc(C(F)(F)F)c3)nc3nc(NC(=O)c4cc5c(cn4)CN(CCC(=O)O)CC5)[nH]c23)CCCCC1. The average Bonchev–Trinajstić information content (AvgIpc) is 3.89. The number of fused-ring (bicyclic) bond motifs is 2. The van der Waals surface area contributed by atoms with Crippen molar-refractivity contribution in [2.24, 2.45) is 5.41 Å². The summed E-state index contributed by atoms with van der Waals surface area (Å²) in [5, 5.41) is 11.8. The van der Waals surface area contributed by atoms with Crippen LogP contribution < -0.4 is 10.2 Å². The number of anilines is 2. The minimum Gasteiger partial charge on any atom is -0.481 e. The second-order valence-electron chi connectivity index (χ2n) is 14.6. The minimum absolute atomic E-state index is 0.00703. The monoisotopic (exact) mass is 720 g/mol. The maximum atomic E-state index is 14.0. The zero-order valence-electron chi connectivity index (χ0n) is 29.4. The van der Waals surface area contributed by atoms with Crippen molar-refractivity contribution in [2.45, 2.75) is 76.4 Å². The molecule has 4 aromatic rings. The van der Waals surface area contributed by atoms with Crippen molar-refractivity contribution < 1.29 is 32.6 Å². The Kier molecular flexibility index (Phi) is 9.91. The number of aromatic amines is 1. The van der Waals surface area contributed by atoms with E-state index in [2.05, 4.69) is 35.1 Å². The van der Waals surface area contributed by atoms with Gasteiger partial charge in [0.25, 0.3) is 5.91 Å². The first-order chi connectivity index (χ1) is 24.9. The number of carboxylic acids is 1. The summed E-state index contributed by atoms with van der Waals surface area (Å²) >= 11 is 0. The number of pyridine rings is 3. The van der Waals surface area contributed by atoms with Crippen LogP contribution in [0, 0.1) is 5.41 Å². The molecule has 3 aliphatic rings. The normalized spacial score (nSPS) is 17.6. The number of nitrogens with zero attached hydrogens (tertiary/aromatic N) is 6. The third-order valence-electron chi connectivity index (χ3n) is 10.5. The molecule has 52 heavy (non-hydrogen) atoms. The first-order valence-corrected chi connectivity index (χ1v) is 17.8. The van der Waals surface area contributed by atoms with Crippen molar-refractivity contribution >= 4 is 34.7 Å². The van der Waals surface area contributed by atoms with Crippen LogP contribution >= 0.6 is 0 Å². The Hall–Kier alpha value is -4.63. The number of nitrogens with one attached hydrogen (secondary N) is 2. The van der Waals surface area contributed by atoms with Gasteiger partial charge in [0, 0.05) is 69.1 Å². The molecule has 0 aromatic carbocycles. The molecule has 15 heteroatoms. The van der Waals surface area contributed by atoms with Gasteiger partial charge in [0.05, 0.1) is 24.4 Å². The summed E-state index contributed by atoms with van der Waals surface area (Å²) in [5.74, 6) is -1.20. The smallest absolute Gasteiger partial charge is 0.433 e. The number of ether oxygens (including phenoxy) is 1. The molecule has 4 aromatic heterocycles. The quantitative estimate of drug-likeness (QED) is 0.150. The lowest BCUT2D eigenvalue weighted by molar-refractivity contribution is -0.141. The highest BCUT2D eigenvalue weighted by molar-refractivity contribution is 6.03. The first kappa shape index (κ1) is 35.8. The van der Waals surface area contributed by atoms with Gasteiger partial charge in [-0.2, -0.15) is 18.2 Å². The molecule has 0 unspecified atom stereocenters. The largest absolute Gasteiger partial charge is 0.481 e. The van der Waals surface area contributed by atoms with E-state index in [9.17, 15) is 22.8 Å². The highest BCUT2D eigenvalue weighted by Gasteiger charge is 2.37. The number of H-pyrrole nitrogens is 1. The number of methoxy groups -OCH3 is 1. The predicted molar refractivity (Wildman–Crippen MR) is 188 cm³/mol. The van der Waals surface area contributed by atoms with Crippen LogP contribution in [0.5, 0.6) is 0 Å². The van der Waals surface area contributed by atoms with E-state index in [1.807, 2.05) is 7.05 Å². The van der Waals surface area contributed by atoms with E-state index >= 15 is 0 Å². The van der Waals surface area contributed by atoms with Gasteiger partial charge in [0.15, 0.2) is 5.65 Å². The van der Waals surface area contributed by atoms with Gasteiger partial charge in [-0.1, -0.05) is 19.3 Å². The van der Waals surface area contributed by atoms with E-state index in [1.54, 1.807) is 31.5 Å². The fourth-order valence-corrected chi connectivity index (χ4v) is 7.70. The number of hydrogen-bond acceptors (Lipinski definition) is 9. The maximum Gasteiger partial charge on any atom is 0.433 e. The van der Waals surface area contributed by atoms with E-state index in [-0.39, 0.29) is 35.0 Å². The molecule has 12 nitrogen and oxygen atoms in total. The molecule has 2 fully saturated rings. The summed E-state index contributed by atoms with van der Waals surface area (Å²) in [6, 6.07) is 6.27. The highest BCUT2D eigenvalue weighted by Crippen LogP contribution is 2.43. The Morgan fingerprint density at radius 1 is 1.10 bits per heavy atom. The number of alkyl halides is 3. The lowest BCUT2D eigenvalue weighted by atomic mass is 9.74. The Labute approximate surface area is 299 Å². The maximum absolute atomic E-state index is 14.0. The fourth-order valence-electron chi connectivity index (χ4n) is 7.70. The van der Waals surface area contributed by atoms with E-state index in [0.717, 1.165) is 55.7 Å². The summed E-state index contributed by atoms with van der Waals surface area (Å²) < 4.78 is 47.8. The van der Waals surface area contributed by atoms with Crippen molar-refractivity contribution in [1.82, 2.24) is 29.8 Å². The summed E-state index contributed by atoms with van der Waals surface area (Å²) in [6.07, 6.45) is 4.67. The molecule has 1 amide bonds. The number of carbonyl (C=O) groups excluding carboxylic acids is 1. The zero-order chi connectivity index (χ0) is 36.6. The standard InChI is InChI=1S/C37H43F3N8O4/c1-47(20-36(21-52-2)10-4-3-5-11-36)29-17-27(24-15-26(22-6-7-22)42-30(16-24)37(38,39)40)43-33-32(29)44-35(45-33)46-34(51)28-14-23-8-12-48(13-9-31(49)50)19-25(23)18-41-28/h14-18,22H,3-13,19-21H2,1-2H3,(H,49,50)(H2,43,44,45,46,51). The van der Waals surface area contributed by atoms with E-state index in [1.165, 1.54) is 6.42 Å². The van der Waals surface area contributed by atoms with Crippen LogP contribution in [0.4, 0.5) is 24.8 Å². The topological polar surface area (TPSA) is 149 Å². The van der Waals surface area contributed by atoms with Crippen LogP contribution in [0.15, 0.2) is 30.5 Å². The van der Waals surface area contributed by atoms with Gasteiger partial charge in [-0.05, 0) is 67.5 Å². The third-order valence-corrected chi connectivity index (χ3v) is 10.5. The molecule has 5 heterocycles. The van der Waals surface area contributed by atoms with Gasteiger partial charge in [0.1, 0.15) is 16.9 Å². The van der Waals surface area contributed by atoms with Crippen LogP contribution in [0.3, 0.4) is 0 Å². The number of carbonyl (C=O) groups is 2. The van der Waals surface area contributed by atoms with Crippen molar-refractivity contribution in [3.8, 4) is 11.3 Å². The first-order valence-electron chi connectivity index (χ1n) is 17.8. The predicted octanol–water partition coefficient (Wildman–Crippen LogP) is 6.43. The van der Waals surface area contributed by atoms with Gasteiger partial charge in [-0.25, -0.2) is 9.97 Å². The van der Waals surface area contributed by atoms with Crippen molar-refractivity contribution in [3.63, 3.8) is 0 Å². The number of amides is 1. The van der Waals surface area contributed by atoms with Crippen molar-refractivity contribution in [2.75, 3.05) is 50.6 Å². The molecule has 7 rings (SSSR count). The average molecular weight is 721 g/mol. The summed E-state index contributed by atoms with van der Waals surface area (Å²) in [7, 11) is 3.66. The molecule has 276 valence electrons. The van der Waals surface area contributed by atoms with Crippen LogP contribution in [0.25, 0.3) is 22.4 Å². The molecule has 0 bridgehead atoms. The number of hydrogen-bond donors (Lipinski definition) is 3. The van der Waals surface area contributed by atoms with Crippen LogP contribution in [0.1, 0.15) is 90.3 Å². The zero-order valence-corrected chi connectivity index (χ0v) is 29.4. The van der Waals surface area contributed by atoms with Crippen LogP contribution in [0.2, 0.25) is 0 Å². The minimum atomic E-state index is -4.62. The molecule has 0 spiro atoms. The van der Waals surface area contributed by atoms with Gasteiger partial charge in [-0.3, -0.25) is 24.8 Å². The molecule has 0 saturated heterocycles. The second kappa shape index (κ2) is 14.4. The lowest BCUT2D eigenvalue weighted by Crippen LogP contribution is -2.40. The molecular weight excluding hydrogens is 677 g/mol. The van der Waals surface area contributed by atoms with Gasteiger partial charge >= 0.3 is 12.1 Å². The molecular formula is C37H43F3N8O4. The third kappa shape index (κ3) is 7.89. The summed E-state index contributed by atoms with van der Waals surface area (Å²) in [6.45, 7) is 2.90. The summed E-state index contributed by atoms with van der Waals surface area (Å²) in [4.78, 5) is 49.5. The van der Waals surface area contributed by atoms with Crippen molar-refractivity contribution in [1.29, 1.82) is 0 Å². The second-order valence-corrected chi connectivity index (χ2v) is 14.6. The van der Waals surface area contributed by atoms with Gasteiger partial charge in [-0.15, -0.1) is 0 Å². The van der Waals surface area contributed by atoms with Crippen molar-refractivity contribution in [3.05, 3.63) is 58.7 Å². The van der Waals surface area contributed by atoms with E-state index in [4.69, 9.17) is 14.8 Å². The lowest BCUT2D eigenvalue weighted by Gasteiger charge is -2.40. The Bertz CT molecular complexity index is 1970. The number of aromatic nitrogens is 5. The van der Waals surface area contributed by atoms with Crippen LogP contribution in [-0.2, 0) is 28.7 Å². The number of aliphatic carboxylic acids is 1. The molecule has 0 atom stereocenters. The number of rotatable bonds is 12. The van der Waals surface area contributed by atoms with Gasteiger partial charge in [0.2, 0.25) is 5.95 Å². The van der Waals surface area contributed by atoms with E-state index < -0.39 is 23.7 Å². The molecule has 0 radical (unpaired) electrons. The Morgan fingerprint density at radius 2 is 1.88 bits per heavy atom. The fraction of sp³-hybridized carbons (Fsp3) is 0.514. The molecule has 2 saturated carbocycles. The number of halogens is 3. The Balaban J connectivity index is 1.21. The summed E-state index contributed by atoms with van der Waals surface area (Å²) in [5.41, 5.74) is 3.58. The number of imidazole rings is 1. The number of carboxylic acid groups (broad SMARTS) is 1.